The van der Waals surface area contributed by atoms with E-state index in [1.807, 2.05) is 30.0 Å². The predicted molar refractivity (Wildman–Crippen MR) is 83.9 cm³/mol. The highest BCUT2D eigenvalue weighted by atomic mass is 32.2. The van der Waals surface area contributed by atoms with E-state index in [2.05, 4.69) is 5.16 Å². The molecule has 2 heterocycles. The lowest BCUT2D eigenvalue weighted by atomic mass is 10.1. The largest absolute Gasteiger partial charge is 0.493 e. The molecule has 0 spiro atoms. The molecule has 1 aliphatic heterocycles. The fourth-order valence-corrected chi connectivity index (χ4v) is 3.44. The van der Waals surface area contributed by atoms with Gasteiger partial charge in [-0.3, -0.25) is 0 Å². The minimum atomic E-state index is 0.213. The Hall–Kier alpha value is -1.82. The third-order valence-electron chi connectivity index (χ3n) is 3.46. The van der Waals surface area contributed by atoms with Crippen LogP contribution in [0.25, 0.3) is 11.3 Å². The smallest absolute Gasteiger partial charge is 0.222 e. The van der Waals surface area contributed by atoms with Crippen LogP contribution in [0.15, 0.2) is 28.8 Å². The number of thioether (sulfide) groups is 1. The van der Waals surface area contributed by atoms with Crippen LogP contribution in [0, 0.1) is 0 Å². The molecule has 3 rings (SSSR count). The highest BCUT2D eigenvalue weighted by Crippen LogP contribution is 2.39. The van der Waals surface area contributed by atoms with Gasteiger partial charge in [-0.1, -0.05) is 11.2 Å². The van der Waals surface area contributed by atoms with Gasteiger partial charge in [-0.15, -0.1) is 0 Å². The summed E-state index contributed by atoms with van der Waals surface area (Å²) in [5, 5.41) is 3.98. The van der Waals surface area contributed by atoms with E-state index < -0.39 is 0 Å². The first-order valence-electron chi connectivity index (χ1n) is 6.92. The van der Waals surface area contributed by atoms with E-state index in [4.69, 9.17) is 19.7 Å². The molecule has 112 valence electrons. The highest BCUT2D eigenvalue weighted by molar-refractivity contribution is 7.99. The number of nitrogens with two attached hydrogens (primary N) is 1. The van der Waals surface area contributed by atoms with Gasteiger partial charge in [0.1, 0.15) is 11.8 Å². The molecule has 0 amide bonds. The summed E-state index contributed by atoms with van der Waals surface area (Å²) in [5.74, 6) is 3.96. The summed E-state index contributed by atoms with van der Waals surface area (Å²) >= 11 is 1.97. The van der Waals surface area contributed by atoms with Crippen LogP contribution in [-0.4, -0.2) is 29.9 Å². The monoisotopic (exact) mass is 306 g/mol. The fraction of sp³-hybridized carbons (Fsp3) is 0.400. The van der Waals surface area contributed by atoms with Crippen molar-refractivity contribution in [2.45, 2.75) is 18.9 Å². The average molecular weight is 306 g/mol. The normalized spacial score (nSPS) is 15.9. The van der Waals surface area contributed by atoms with Gasteiger partial charge in [0.2, 0.25) is 5.88 Å². The molecule has 0 radical (unpaired) electrons. The molecule has 1 saturated heterocycles. The summed E-state index contributed by atoms with van der Waals surface area (Å²) in [4.78, 5) is 0. The lowest BCUT2D eigenvalue weighted by Crippen LogP contribution is -2.22. The molecule has 0 bridgehead atoms. The Morgan fingerprint density at radius 2 is 2.14 bits per heavy atom. The highest BCUT2D eigenvalue weighted by Gasteiger charge is 2.21. The number of para-hydroxylation sites is 1. The van der Waals surface area contributed by atoms with Crippen LogP contribution in [-0.2, 0) is 0 Å². The maximum Gasteiger partial charge on any atom is 0.222 e. The number of hydrogen-bond donors (Lipinski definition) is 1. The minimum Gasteiger partial charge on any atom is -0.493 e. The number of methoxy groups -OCH3 is 1. The molecule has 1 aromatic carbocycles. The number of hydrogen-bond acceptors (Lipinski definition) is 6. The molecule has 2 N–H and O–H groups in total. The molecule has 21 heavy (non-hydrogen) atoms. The van der Waals surface area contributed by atoms with Crippen LogP contribution in [0.4, 0.5) is 5.88 Å². The Kier molecular flexibility index (Phi) is 4.24. The molecule has 5 nitrogen and oxygen atoms in total. The van der Waals surface area contributed by atoms with E-state index >= 15 is 0 Å². The van der Waals surface area contributed by atoms with Gasteiger partial charge in [0.25, 0.3) is 0 Å². The number of anilines is 1. The van der Waals surface area contributed by atoms with Crippen molar-refractivity contribution in [3.63, 3.8) is 0 Å². The van der Waals surface area contributed by atoms with Crippen molar-refractivity contribution in [1.29, 1.82) is 0 Å². The molecule has 1 aromatic heterocycles. The Labute approximate surface area is 127 Å². The summed E-state index contributed by atoms with van der Waals surface area (Å²) in [6.07, 6.45) is 2.30. The molecule has 1 fully saturated rings. The number of aromatic nitrogens is 1. The predicted octanol–water partition coefficient (Wildman–Crippen LogP) is 3.21. The standard InChI is InChI=1S/C15H18N2O3S/c1-18-13-4-2-3-11(12-9-14(16)20-17-12)15(13)19-10-5-7-21-8-6-10/h2-4,9-10H,5-8,16H2,1H3. The van der Waals surface area contributed by atoms with Crippen molar-refractivity contribution < 1.29 is 14.0 Å². The Bertz CT molecular complexity index is 609. The third-order valence-corrected chi connectivity index (χ3v) is 4.50. The Balaban J connectivity index is 1.95. The molecule has 1 aliphatic rings. The second-order valence-electron chi connectivity index (χ2n) is 4.88. The summed E-state index contributed by atoms with van der Waals surface area (Å²) in [6, 6.07) is 7.42. The number of benzene rings is 1. The number of nitrogens with zero attached hydrogens (tertiary/aromatic N) is 1. The first kappa shape index (κ1) is 14.1. The van der Waals surface area contributed by atoms with Crippen molar-refractivity contribution in [2.24, 2.45) is 0 Å². The van der Waals surface area contributed by atoms with Crippen molar-refractivity contribution in [2.75, 3.05) is 24.3 Å². The summed E-state index contributed by atoms with van der Waals surface area (Å²) in [7, 11) is 1.64. The van der Waals surface area contributed by atoms with Crippen LogP contribution in [0.3, 0.4) is 0 Å². The SMILES string of the molecule is COc1cccc(-c2cc(N)on2)c1OC1CCSCC1. The molecule has 0 unspecified atom stereocenters. The summed E-state index contributed by atoms with van der Waals surface area (Å²) in [5.41, 5.74) is 7.12. The zero-order valence-electron chi connectivity index (χ0n) is 11.9. The van der Waals surface area contributed by atoms with Crippen LogP contribution in [0.5, 0.6) is 11.5 Å². The van der Waals surface area contributed by atoms with Crippen molar-refractivity contribution in [3.05, 3.63) is 24.3 Å². The first-order valence-corrected chi connectivity index (χ1v) is 8.07. The molecule has 0 aliphatic carbocycles. The van der Waals surface area contributed by atoms with Gasteiger partial charge < -0.3 is 19.7 Å². The Morgan fingerprint density at radius 1 is 1.33 bits per heavy atom. The van der Waals surface area contributed by atoms with Gasteiger partial charge >= 0.3 is 0 Å². The van der Waals surface area contributed by atoms with Gasteiger partial charge in [0.05, 0.1) is 7.11 Å². The maximum atomic E-state index is 6.21. The van der Waals surface area contributed by atoms with Crippen LogP contribution < -0.4 is 15.2 Å². The van der Waals surface area contributed by atoms with Gasteiger partial charge in [-0.05, 0) is 36.5 Å². The fourth-order valence-electron chi connectivity index (χ4n) is 2.38. The van der Waals surface area contributed by atoms with Gasteiger partial charge in [0.15, 0.2) is 11.5 Å². The quantitative estimate of drug-likeness (QED) is 0.935. The molecular formula is C15H18N2O3S. The number of rotatable bonds is 4. The van der Waals surface area contributed by atoms with E-state index in [0.29, 0.717) is 17.2 Å². The first-order chi connectivity index (χ1) is 10.3. The third kappa shape index (κ3) is 3.10. The van der Waals surface area contributed by atoms with Crippen molar-refractivity contribution in [1.82, 2.24) is 5.16 Å². The molecular weight excluding hydrogens is 288 g/mol. The topological polar surface area (TPSA) is 70.5 Å². The van der Waals surface area contributed by atoms with Crippen LogP contribution in [0.2, 0.25) is 0 Å². The van der Waals surface area contributed by atoms with Gasteiger partial charge in [-0.2, -0.15) is 11.8 Å². The van der Waals surface area contributed by atoms with E-state index in [1.165, 1.54) is 0 Å². The number of nitrogen functional groups attached to an aromatic ring is 1. The average Bonchev–Trinajstić information content (AvgIpc) is 2.95. The second-order valence-corrected chi connectivity index (χ2v) is 6.11. The molecule has 0 saturated carbocycles. The molecule has 0 atom stereocenters. The van der Waals surface area contributed by atoms with E-state index in [-0.39, 0.29) is 12.0 Å². The van der Waals surface area contributed by atoms with Crippen molar-refractivity contribution >= 4 is 17.6 Å². The number of ether oxygens (including phenoxy) is 2. The van der Waals surface area contributed by atoms with Crippen molar-refractivity contribution in [3.8, 4) is 22.8 Å². The van der Waals surface area contributed by atoms with Gasteiger partial charge in [-0.25, -0.2) is 0 Å². The lowest BCUT2D eigenvalue weighted by Gasteiger charge is -2.24. The molecule has 6 heteroatoms. The lowest BCUT2D eigenvalue weighted by molar-refractivity contribution is 0.185. The van der Waals surface area contributed by atoms with Crippen LogP contribution in [0.1, 0.15) is 12.8 Å². The Morgan fingerprint density at radius 3 is 2.81 bits per heavy atom. The zero-order valence-corrected chi connectivity index (χ0v) is 12.7. The van der Waals surface area contributed by atoms with E-state index in [1.54, 1.807) is 13.2 Å². The summed E-state index contributed by atoms with van der Waals surface area (Å²) < 4.78 is 16.6. The van der Waals surface area contributed by atoms with Crippen LogP contribution >= 0.6 is 11.8 Å². The maximum absolute atomic E-state index is 6.21. The van der Waals surface area contributed by atoms with E-state index in [0.717, 1.165) is 29.9 Å². The molecule has 2 aromatic rings. The van der Waals surface area contributed by atoms with Gasteiger partial charge in [0, 0.05) is 11.6 Å². The second kappa shape index (κ2) is 6.30. The van der Waals surface area contributed by atoms with E-state index in [9.17, 15) is 0 Å². The summed E-state index contributed by atoms with van der Waals surface area (Å²) in [6.45, 7) is 0. The minimum absolute atomic E-state index is 0.213. The zero-order chi connectivity index (χ0) is 14.7.